The van der Waals surface area contributed by atoms with Crippen LogP contribution in [0.15, 0.2) is 24.3 Å². The standard InChI is InChI=1S/C10H11FO4S/c1-16(14,15)9(6-12)10(13)7-2-4-8(11)5-3-7/h2-5,9,12H,6H2,1H3. The number of hydrogen-bond acceptors (Lipinski definition) is 4. The number of rotatable bonds is 4. The molecule has 0 aliphatic heterocycles. The fourth-order valence-corrected chi connectivity index (χ4v) is 2.01. The molecule has 6 heteroatoms. The largest absolute Gasteiger partial charge is 0.395 e. The Bertz CT molecular complexity index is 478. The Morgan fingerprint density at radius 2 is 1.88 bits per heavy atom. The molecular formula is C10H11FO4S. The summed E-state index contributed by atoms with van der Waals surface area (Å²) in [5, 5.41) is 7.39. The molecule has 0 aromatic heterocycles. The Hall–Kier alpha value is -1.27. The molecule has 0 amide bonds. The number of Topliss-reactive ketones (excluding diaryl/α,β-unsaturated/α-hetero) is 1. The van der Waals surface area contributed by atoms with E-state index in [0.29, 0.717) is 0 Å². The average Bonchev–Trinajstić information content (AvgIpc) is 2.17. The van der Waals surface area contributed by atoms with Gasteiger partial charge in [-0.3, -0.25) is 4.79 Å². The van der Waals surface area contributed by atoms with Crippen LogP contribution in [0.5, 0.6) is 0 Å². The third-order valence-corrected chi connectivity index (χ3v) is 3.50. The van der Waals surface area contributed by atoms with Gasteiger partial charge in [-0.2, -0.15) is 0 Å². The van der Waals surface area contributed by atoms with E-state index in [1.807, 2.05) is 0 Å². The zero-order valence-electron chi connectivity index (χ0n) is 8.55. The first-order chi connectivity index (χ1) is 7.36. The van der Waals surface area contributed by atoms with Crippen LogP contribution in [0.2, 0.25) is 0 Å². The van der Waals surface area contributed by atoms with E-state index < -0.39 is 33.3 Å². The first-order valence-electron chi connectivity index (χ1n) is 4.45. The van der Waals surface area contributed by atoms with Crippen molar-refractivity contribution in [3.63, 3.8) is 0 Å². The molecule has 16 heavy (non-hydrogen) atoms. The van der Waals surface area contributed by atoms with Gasteiger partial charge in [0.05, 0.1) is 6.61 Å². The number of benzene rings is 1. The lowest BCUT2D eigenvalue weighted by molar-refractivity contribution is 0.0962. The molecule has 0 spiro atoms. The molecule has 1 atom stereocenters. The second-order valence-corrected chi connectivity index (χ2v) is 5.60. The molecule has 0 aliphatic rings. The minimum atomic E-state index is -3.67. The van der Waals surface area contributed by atoms with Gasteiger partial charge in [-0.25, -0.2) is 12.8 Å². The number of hydrogen-bond donors (Lipinski definition) is 1. The Morgan fingerprint density at radius 1 is 1.38 bits per heavy atom. The van der Waals surface area contributed by atoms with Gasteiger partial charge in [0.25, 0.3) is 0 Å². The first-order valence-corrected chi connectivity index (χ1v) is 6.41. The molecular weight excluding hydrogens is 235 g/mol. The van der Waals surface area contributed by atoms with Crippen molar-refractivity contribution in [3.05, 3.63) is 35.6 Å². The van der Waals surface area contributed by atoms with Gasteiger partial charge in [-0.15, -0.1) is 0 Å². The van der Waals surface area contributed by atoms with E-state index in [1.165, 1.54) is 12.1 Å². The fourth-order valence-electron chi connectivity index (χ4n) is 1.21. The number of aliphatic hydroxyl groups excluding tert-OH is 1. The van der Waals surface area contributed by atoms with Crippen molar-refractivity contribution >= 4 is 15.6 Å². The van der Waals surface area contributed by atoms with Crippen LogP contribution in [0.1, 0.15) is 10.4 Å². The Kier molecular flexibility index (Phi) is 3.77. The molecule has 0 aliphatic carbocycles. The van der Waals surface area contributed by atoms with Crippen LogP contribution in [0.25, 0.3) is 0 Å². The van der Waals surface area contributed by atoms with Crippen LogP contribution < -0.4 is 0 Å². The van der Waals surface area contributed by atoms with Gasteiger partial charge in [0.15, 0.2) is 15.6 Å². The van der Waals surface area contributed by atoms with E-state index in [2.05, 4.69) is 0 Å². The summed E-state index contributed by atoms with van der Waals surface area (Å²) >= 11 is 0. The number of carbonyl (C=O) groups is 1. The van der Waals surface area contributed by atoms with Gasteiger partial charge in [0.2, 0.25) is 0 Å². The van der Waals surface area contributed by atoms with E-state index in [9.17, 15) is 17.6 Å². The van der Waals surface area contributed by atoms with E-state index in [-0.39, 0.29) is 5.56 Å². The Morgan fingerprint density at radius 3 is 2.25 bits per heavy atom. The summed E-state index contributed by atoms with van der Waals surface area (Å²) in [4.78, 5) is 11.7. The molecule has 0 saturated heterocycles. The number of ketones is 1. The summed E-state index contributed by atoms with van der Waals surface area (Å²) in [6, 6.07) is 4.49. The highest BCUT2D eigenvalue weighted by molar-refractivity contribution is 7.92. The van der Waals surface area contributed by atoms with Crippen LogP contribution in [0.3, 0.4) is 0 Å². The SMILES string of the molecule is CS(=O)(=O)C(CO)C(=O)c1ccc(F)cc1. The van der Waals surface area contributed by atoms with Crippen molar-refractivity contribution in [3.8, 4) is 0 Å². The van der Waals surface area contributed by atoms with Crippen LogP contribution in [-0.4, -0.2) is 37.4 Å². The molecule has 1 rings (SSSR count). The smallest absolute Gasteiger partial charge is 0.183 e. The Labute approximate surface area is 92.6 Å². The third-order valence-electron chi connectivity index (χ3n) is 2.10. The molecule has 0 radical (unpaired) electrons. The van der Waals surface area contributed by atoms with E-state index in [1.54, 1.807) is 0 Å². The topological polar surface area (TPSA) is 71.4 Å². The highest BCUT2D eigenvalue weighted by atomic mass is 32.2. The van der Waals surface area contributed by atoms with Crippen molar-refractivity contribution < 1.29 is 22.7 Å². The van der Waals surface area contributed by atoms with Crippen molar-refractivity contribution in [2.75, 3.05) is 12.9 Å². The van der Waals surface area contributed by atoms with Gasteiger partial charge in [0.1, 0.15) is 11.1 Å². The summed E-state index contributed by atoms with van der Waals surface area (Å²) < 4.78 is 35.0. The van der Waals surface area contributed by atoms with Gasteiger partial charge in [0, 0.05) is 11.8 Å². The molecule has 1 aromatic rings. The molecule has 88 valence electrons. The van der Waals surface area contributed by atoms with E-state index >= 15 is 0 Å². The lowest BCUT2D eigenvalue weighted by Crippen LogP contribution is -2.33. The molecule has 1 aromatic carbocycles. The lowest BCUT2D eigenvalue weighted by atomic mass is 10.1. The molecule has 1 unspecified atom stereocenters. The fraction of sp³-hybridized carbons (Fsp3) is 0.300. The van der Waals surface area contributed by atoms with E-state index in [0.717, 1.165) is 18.4 Å². The second kappa shape index (κ2) is 4.71. The van der Waals surface area contributed by atoms with Crippen molar-refractivity contribution in [2.45, 2.75) is 5.25 Å². The Balaban J connectivity index is 3.06. The predicted molar refractivity (Wildman–Crippen MR) is 56.4 cm³/mol. The molecule has 0 fully saturated rings. The van der Waals surface area contributed by atoms with Crippen LogP contribution in [0.4, 0.5) is 4.39 Å². The number of halogens is 1. The minimum Gasteiger partial charge on any atom is -0.395 e. The summed E-state index contributed by atoms with van der Waals surface area (Å²) in [5.74, 6) is -1.25. The van der Waals surface area contributed by atoms with Crippen LogP contribution >= 0.6 is 0 Å². The maximum Gasteiger partial charge on any atom is 0.183 e. The van der Waals surface area contributed by atoms with Crippen LogP contribution in [-0.2, 0) is 9.84 Å². The lowest BCUT2D eigenvalue weighted by Gasteiger charge is -2.10. The summed E-state index contributed by atoms with van der Waals surface area (Å²) in [7, 11) is -3.67. The highest BCUT2D eigenvalue weighted by Crippen LogP contribution is 2.10. The van der Waals surface area contributed by atoms with Crippen molar-refractivity contribution in [1.82, 2.24) is 0 Å². The summed E-state index contributed by atoms with van der Waals surface area (Å²) in [6.07, 6.45) is 0.870. The van der Waals surface area contributed by atoms with E-state index in [4.69, 9.17) is 5.11 Å². The maximum atomic E-state index is 12.6. The van der Waals surface area contributed by atoms with Gasteiger partial charge in [-0.05, 0) is 24.3 Å². The normalized spacial score (nSPS) is 13.4. The number of sulfone groups is 1. The maximum absolute atomic E-state index is 12.6. The predicted octanol–water partition coefficient (Wildman–Crippen LogP) is 0.414. The van der Waals surface area contributed by atoms with Gasteiger partial charge in [-0.1, -0.05) is 0 Å². The van der Waals surface area contributed by atoms with Gasteiger partial charge < -0.3 is 5.11 Å². The summed E-state index contributed by atoms with van der Waals surface area (Å²) in [6.45, 7) is -0.783. The zero-order chi connectivity index (χ0) is 12.3. The van der Waals surface area contributed by atoms with Crippen molar-refractivity contribution in [1.29, 1.82) is 0 Å². The molecule has 1 N–H and O–H groups in total. The molecule has 0 bridgehead atoms. The van der Waals surface area contributed by atoms with Crippen LogP contribution in [0, 0.1) is 5.82 Å². The highest BCUT2D eigenvalue weighted by Gasteiger charge is 2.28. The number of carbonyl (C=O) groups excluding carboxylic acids is 1. The summed E-state index contributed by atoms with van der Waals surface area (Å²) in [5.41, 5.74) is 0.0610. The monoisotopic (exact) mass is 246 g/mol. The quantitative estimate of drug-likeness (QED) is 0.781. The average molecular weight is 246 g/mol. The van der Waals surface area contributed by atoms with Gasteiger partial charge >= 0.3 is 0 Å². The molecule has 0 saturated carbocycles. The molecule has 4 nitrogen and oxygen atoms in total. The van der Waals surface area contributed by atoms with Crippen molar-refractivity contribution in [2.24, 2.45) is 0 Å². The second-order valence-electron chi connectivity index (χ2n) is 3.37. The zero-order valence-corrected chi connectivity index (χ0v) is 9.37. The first kappa shape index (κ1) is 12.8. The molecule has 0 heterocycles. The third kappa shape index (κ3) is 2.86. The minimum absolute atomic E-state index is 0.0610. The number of aliphatic hydroxyl groups is 1.